The fraction of sp³-hybridized carbons (Fsp3) is 0.667. The highest BCUT2D eigenvalue weighted by Gasteiger charge is 2.20. The van der Waals surface area contributed by atoms with Gasteiger partial charge in [-0.1, -0.05) is 82.7 Å². The zero-order valence-electron chi connectivity index (χ0n) is 20.5. The molecule has 0 N–H and O–H groups in total. The fourth-order valence-corrected chi connectivity index (χ4v) is 5.59. The minimum absolute atomic E-state index is 0.475. The predicted octanol–water partition coefficient (Wildman–Crippen LogP) is 9.82. The van der Waals surface area contributed by atoms with Gasteiger partial charge in [-0.15, -0.1) is 0 Å². The van der Waals surface area contributed by atoms with Crippen LogP contribution in [0.5, 0.6) is 0 Å². The number of benzene rings is 1. The van der Waals surface area contributed by atoms with Crippen LogP contribution in [0.1, 0.15) is 115 Å². The first-order chi connectivity index (χ1) is 15.6. The smallest absolute Gasteiger partial charge is 0.166 e. The van der Waals surface area contributed by atoms with E-state index in [-0.39, 0.29) is 0 Å². The molecule has 0 amide bonds. The topological polar surface area (TPSA) is 0 Å². The molecule has 0 aliphatic heterocycles. The van der Waals surface area contributed by atoms with Gasteiger partial charge in [0.25, 0.3) is 0 Å². The third-order valence-electron chi connectivity index (χ3n) is 7.95. The Morgan fingerprint density at radius 3 is 2.41 bits per heavy atom. The van der Waals surface area contributed by atoms with Gasteiger partial charge in [-0.2, -0.15) is 0 Å². The van der Waals surface area contributed by atoms with Crippen molar-refractivity contribution in [3.63, 3.8) is 0 Å². The van der Waals surface area contributed by atoms with Crippen molar-refractivity contribution < 1.29 is 8.78 Å². The molecule has 3 rings (SSSR count). The van der Waals surface area contributed by atoms with E-state index in [0.717, 1.165) is 43.6 Å². The van der Waals surface area contributed by atoms with Crippen LogP contribution < -0.4 is 0 Å². The van der Waals surface area contributed by atoms with Gasteiger partial charge in [-0.05, 0) is 86.7 Å². The van der Waals surface area contributed by atoms with Crippen LogP contribution >= 0.6 is 0 Å². The Labute approximate surface area is 195 Å². The van der Waals surface area contributed by atoms with Crippen LogP contribution in [0.2, 0.25) is 0 Å². The van der Waals surface area contributed by atoms with Crippen molar-refractivity contribution in [1.29, 1.82) is 0 Å². The Morgan fingerprint density at radius 2 is 1.72 bits per heavy atom. The molecule has 0 bridgehead atoms. The Hall–Kier alpha value is -1.44. The Balaban J connectivity index is 1.43. The summed E-state index contributed by atoms with van der Waals surface area (Å²) in [6.07, 6.45) is 24.3. The maximum Gasteiger partial charge on any atom is 0.166 e. The van der Waals surface area contributed by atoms with Crippen LogP contribution in [-0.2, 0) is 6.42 Å². The Bertz CT molecular complexity index is 752. The van der Waals surface area contributed by atoms with Gasteiger partial charge in [0.1, 0.15) is 0 Å². The summed E-state index contributed by atoms with van der Waals surface area (Å²) in [5.41, 5.74) is 1.97. The second-order valence-corrected chi connectivity index (χ2v) is 10.3. The van der Waals surface area contributed by atoms with E-state index in [0.29, 0.717) is 29.4 Å². The summed E-state index contributed by atoms with van der Waals surface area (Å²) in [6.45, 7) is 4.47. The zero-order valence-corrected chi connectivity index (χ0v) is 20.5. The second-order valence-electron chi connectivity index (χ2n) is 10.3. The molecule has 1 atom stereocenters. The summed E-state index contributed by atoms with van der Waals surface area (Å²) < 4.78 is 29.5. The molecule has 2 aliphatic rings. The van der Waals surface area contributed by atoms with Crippen LogP contribution in [0.25, 0.3) is 5.57 Å². The lowest BCUT2D eigenvalue weighted by molar-refractivity contribution is 0.288. The average Bonchev–Trinajstić information content (AvgIpc) is 2.83. The van der Waals surface area contributed by atoms with Gasteiger partial charge in [0.05, 0.1) is 0 Å². The van der Waals surface area contributed by atoms with E-state index < -0.39 is 11.6 Å². The fourth-order valence-electron chi connectivity index (χ4n) is 5.59. The molecule has 2 heteroatoms. The molecule has 1 saturated carbocycles. The maximum atomic E-state index is 14.8. The highest BCUT2D eigenvalue weighted by molar-refractivity contribution is 5.67. The highest BCUT2D eigenvalue weighted by atomic mass is 19.2. The van der Waals surface area contributed by atoms with E-state index in [1.54, 1.807) is 12.1 Å². The largest absolute Gasteiger partial charge is 0.203 e. The number of allylic oxidation sites excluding steroid dienone is 4. The van der Waals surface area contributed by atoms with Crippen LogP contribution in [-0.4, -0.2) is 0 Å². The van der Waals surface area contributed by atoms with Gasteiger partial charge in [-0.25, -0.2) is 8.78 Å². The number of unbranched alkanes of at least 4 members (excludes halogenated alkanes) is 3. The van der Waals surface area contributed by atoms with Crippen molar-refractivity contribution >= 4 is 5.57 Å². The standard InChI is InChI=1S/C30H44F2/c1-3-5-6-7-10-24-13-15-25(16-14-24)11-8-9-12-27-21-22-28(30(32)29(27)31)26-19-17-23(4-2)18-20-26/h8,11,19,21-25H,3-7,9-10,12-18,20H2,1-2H3. The summed E-state index contributed by atoms with van der Waals surface area (Å²) >= 11 is 0. The van der Waals surface area contributed by atoms with E-state index in [2.05, 4.69) is 32.1 Å². The molecule has 0 nitrogen and oxygen atoms in total. The van der Waals surface area contributed by atoms with E-state index in [4.69, 9.17) is 0 Å². The molecule has 0 heterocycles. The van der Waals surface area contributed by atoms with Gasteiger partial charge in [0.15, 0.2) is 11.6 Å². The molecule has 2 aliphatic carbocycles. The van der Waals surface area contributed by atoms with Crippen LogP contribution in [0.3, 0.4) is 0 Å². The molecule has 1 unspecified atom stereocenters. The van der Waals surface area contributed by atoms with Gasteiger partial charge in [-0.3, -0.25) is 0 Å². The number of halogens is 2. The third kappa shape index (κ3) is 7.29. The van der Waals surface area contributed by atoms with Crippen LogP contribution in [0.4, 0.5) is 8.78 Å². The number of aryl methyl sites for hydroxylation is 1. The lowest BCUT2D eigenvalue weighted by atomic mass is 9.79. The summed E-state index contributed by atoms with van der Waals surface area (Å²) in [5, 5.41) is 0. The quantitative estimate of drug-likeness (QED) is 0.236. The number of hydrogen-bond acceptors (Lipinski definition) is 0. The molecule has 0 aromatic heterocycles. The Morgan fingerprint density at radius 1 is 0.906 bits per heavy atom. The summed E-state index contributed by atoms with van der Waals surface area (Å²) in [7, 11) is 0. The number of rotatable bonds is 11. The molecule has 0 radical (unpaired) electrons. The van der Waals surface area contributed by atoms with Crippen molar-refractivity contribution in [3.05, 3.63) is 53.1 Å². The summed E-state index contributed by atoms with van der Waals surface area (Å²) in [5.74, 6) is 1.01. The van der Waals surface area contributed by atoms with Crippen molar-refractivity contribution in [1.82, 2.24) is 0 Å². The second kappa shape index (κ2) is 13.3. The SMILES string of the molecule is CCCCCCC1CCC(C=CCCc2ccc(C3=CCC(CC)CC3)c(F)c2F)CC1. The third-order valence-corrected chi connectivity index (χ3v) is 7.95. The van der Waals surface area contributed by atoms with E-state index in [9.17, 15) is 8.78 Å². The van der Waals surface area contributed by atoms with Gasteiger partial charge < -0.3 is 0 Å². The monoisotopic (exact) mass is 442 g/mol. The molecule has 178 valence electrons. The first-order valence-corrected chi connectivity index (χ1v) is 13.4. The van der Waals surface area contributed by atoms with Crippen LogP contribution in [0.15, 0.2) is 30.4 Å². The van der Waals surface area contributed by atoms with Crippen molar-refractivity contribution in [2.75, 3.05) is 0 Å². The van der Waals surface area contributed by atoms with E-state index in [1.165, 1.54) is 57.8 Å². The maximum absolute atomic E-state index is 14.8. The Kier molecular flexibility index (Phi) is 10.5. The van der Waals surface area contributed by atoms with Crippen LogP contribution in [0, 0.1) is 29.4 Å². The zero-order chi connectivity index (χ0) is 22.8. The molecule has 32 heavy (non-hydrogen) atoms. The van der Waals surface area contributed by atoms with Gasteiger partial charge >= 0.3 is 0 Å². The summed E-state index contributed by atoms with van der Waals surface area (Å²) in [4.78, 5) is 0. The molecule has 0 saturated heterocycles. The van der Waals surface area contributed by atoms with Gasteiger partial charge in [0.2, 0.25) is 0 Å². The first kappa shape index (κ1) is 25.2. The van der Waals surface area contributed by atoms with E-state index in [1.807, 2.05) is 0 Å². The first-order valence-electron chi connectivity index (χ1n) is 13.4. The lowest BCUT2D eigenvalue weighted by Gasteiger charge is -2.26. The minimum atomic E-state index is -0.648. The minimum Gasteiger partial charge on any atom is -0.203 e. The summed E-state index contributed by atoms with van der Waals surface area (Å²) in [6, 6.07) is 3.61. The molecular weight excluding hydrogens is 398 g/mol. The average molecular weight is 443 g/mol. The molecule has 0 spiro atoms. The van der Waals surface area contributed by atoms with Crippen molar-refractivity contribution in [2.24, 2.45) is 17.8 Å². The van der Waals surface area contributed by atoms with E-state index >= 15 is 0 Å². The number of hydrogen-bond donors (Lipinski definition) is 0. The predicted molar refractivity (Wildman–Crippen MR) is 134 cm³/mol. The molecular formula is C30H44F2. The lowest BCUT2D eigenvalue weighted by Crippen LogP contribution is -2.13. The van der Waals surface area contributed by atoms with Crippen molar-refractivity contribution in [2.45, 2.75) is 110 Å². The molecule has 1 aromatic carbocycles. The normalized spacial score (nSPS) is 24.1. The molecule has 1 fully saturated rings. The van der Waals surface area contributed by atoms with Crippen molar-refractivity contribution in [3.8, 4) is 0 Å². The van der Waals surface area contributed by atoms with Gasteiger partial charge in [0, 0.05) is 5.56 Å². The highest BCUT2D eigenvalue weighted by Crippen LogP contribution is 2.35. The molecule has 1 aromatic rings.